The van der Waals surface area contributed by atoms with E-state index < -0.39 is 17.9 Å². The molecule has 0 bridgehead atoms. The summed E-state index contributed by atoms with van der Waals surface area (Å²) in [6.07, 6.45) is 22.0. The number of ether oxygens (including phenoxy) is 4. The minimum atomic E-state index is -1.06. The van der Waals surface area contributed by atoms with Gasteiger partial charge < -0.3 is 34.0 Å². The van der Waals surface area contributed by atoms with Crippen molar-refractivity contribution in [1.82, 2.24) is 0 Å². The maximum atomic E-state index is 12.1. The molecule has 11 heteroatoms. The van der Waals surface area contributed by atoms with Crippen molar-refractivity contribution in [2.75, 3.05) is 52.9 Å². The minimum absolute atomic E-state index is 0.0877. The van der Waals surface area contributed by atoms with Crippen LogP contribution < -0.4 is 0 Å². The van der Waals surface area contributed by atoms with Gasteiger partial charge in [0.05, 0.1) is 52.2 Å². The fourth-order valence-electron chi connectivity index (χ4n) is 5.58. The molecule has 0 aliphatic rings. The van der Waals surface area contributed by atoms with E-state index in [9.17, 15) is 29.1 Å². The van der Waals surface area contributed by atoms with Gasteiger partial charge in [-0.2, -0.15) is 0 Å². The highest BCUT2D eigenvalue weighted by atomic mass is 16.6. The Morgan fingerprint density at radius 2 is 0.800 bits per heavy atom. The monoisotopic (exact) mass is 714 g/mol. The number of aliphatic carboxylic acids is 2. The van der Waals surface area contributed by atoms with Crippen molar-refractivity contribution in [2.24, 2.45) is 5.92 Å². The van der Waals surface area contributed by atoms with Crippen LogP contribution in [0.1, 0.15) is 161 Å². The Balaban J connectivity index is 3.32. The molecule has 0 saturated heterocycles. The Morgan fingerprint density at radius 3 is 1.22 bits per heavy atom. The number of Topliss-reactive ketones (excluding diaryl/α,β-unsaturated/α-hetero) is 3. The Labute approximate surface area is 301 Å². The quantitative estimate of drug-likeness (QED) is 0.0591. The summed E-state index contributed by atoms with van der Waals surface area (Å²) in [4.78, 5) is 56.9. The highest BCUT2D eigenvalue weighted by molar-refractivity contribution is 5.84. The lowest BCUT2D eigenvalue weighted by molar-refractivity contribution is -0.144. The molecule has 0 saturated carbocycles. The SMILES string of the molecule is CC(=O)CC[C@H](CC(=O)CCOCCOCCOCCOCCCC(=O)CCCCCCCCCCCCCCCCCCC(=O)O)C(=O)O. The van der Waals surface area contributed by atoms with Gasteiger partial charge in [0.2, 0.25) is 0 Å². The molecule has 0 rings (SSSR count). The summed E-state index contributed by atoms with van der Waals surface area (Å²) in [5.74, 6) is -2.53. The van der Waals surface area contributed by atoms with E-state index in [2.05, 4.69) is 0 Å². The molecule has 2 N–H and O–H groups in total. The number of unbranched alkanes of at least 4 members (excludes halogenated alkanes) is 15. The number of carboxylic acid groups (broad SMARTS) is 2. The van der Waals surface area contributed by atoms with Crippen molar-refractivity contribution in [2.45, 2.75) is 161 Å². The highest BCUT2D eigenvalue weighted by Gasteiger charge is 2.21. The lowest BCUT2D eigenvalue weighted by atomic mass is 9.95. The smallest absolute Gasteiger partial charge is 0.306 e. The summed E-state index contributed by atoms with van der Waals surface area (Å²) in [5, 5.41) is 17.8. The molecule has 0 aromatic carbocycles. The van der Waals surface area contributed by atoms with Gasteiger partial charge >= 0.3 is 11.9 Å². The molecule has 0 aliphatic heterocycles. The van der Waals surface area contributed by atoms with E-state index in [-0.39, 0.29) is 43.9 Å². The zero-order valence-electron chi connectivity index (χ0n) is 31.3. The number of hydrogen-bond acceptors (Lipinski definition) is 9. The highest BCUT2D eigenvalue weighted by Crippen LogP contribution is 2.16. The summed E-state index contributed by atoms with van der Waals surface area (Å²) in [5.41, 5.74) is 0. The first-order valence-electron chi connectivity index (χ1n) is 19.5. The van der Waals surface area contributed by atoms with Crippen LogP contribution in [0.25, 0.3) is 0 Å². The van der Waals surface area contributed by atoms with Gasteiger partial charge in [-0.1, -0.05) is 89.9 Å². The standard InChI is InChI=1S/C39H70O11/c1-34(40)22-23-35(39(45)46)33-37(42)24-26-48-28-30-50-32-31-49-29-27-47-25-18-20-36(41)19-16-14-12-10-8-6-4-2-3-5-7-9-11-13-15-17-21-38(43)44/h35H,2-33H2,1H3,(H,43,44)(H,45,46)/t35-/m1/s1. The number of carboxylic acids is 2. The summed E-state index contributed by atoms with van der Waals surface area (Å²) >= 11 is 0. The number of rotatable bonds is 41. The average Bonchev–Trinajstić information content (AvgIpc) is 3.07. The van der Waals surface area contributed by atoms with Crippen molar-refractivity contribution in [3.8, 4) is 0 Å². The van der Waals surface area contributed by atoms with Crippen molar-refractivity contribution in [3.63, 3.8) is 0 Å². The second-order valence-electron chi connectivity index (χ2n) is 13.4. The largest absolute Gasteiger partial charge is 0.481 e. The molecule has 0 unspecified atom stereocenters. The van der Waals surface area contributed by atoms with E-state index in [1.54, 1.807) is 0 Å². The van der Waals surface area contributed by atoms with Gasteiger partial charge in [-0.05, 0) is 32.6 Å². The van der Waals surface area contributed by atoms with E-state index in [0.717, 1.165) is 38.5 Å². The molecule has 0 aromatic rings. The van der Waals surface area contributed by atoms with Crippen LogP contribution >= 0.6 is 0 Å². The normalized spacial score (nSPS) is 11.9. The summed E-state index contributed by atoms with van der Waals surface area (Å²) in [6, 6.07) is 0. The lowest BCUT2D eigenvalue weighted by Gasteiger charge is -2.11. The third-order valence-electron chi connectivity index (χ3n) is 8.65. The number of ketones is 3. The summed E-state index contributed by atoms with van der Waals surface area (Å²) in [6.45, 7) is 4.62. The third-order valence-corrected chi connectivity index (χ3v) is 8.65. The molecule has 0 aliphatic carbocycles. The predicted octanol–water partition coefficient (Wildman–Crippen LogP) is 7.93. The van der Waals surface area contributed by atoms with Crippen LogP contribution in [0.4, 0.5) is 0 Å². The van der Waals surface area contributed by atoms with Crippen molar-refractivity contribution >= 4 is 29.3 Å². The summed E-state index contributed by atoms with van der Waals surface area (Å²) in [7, 11) is 0. The van der Waals surface area contributed by atoms with Crippen LogP contribution in [0.2, 0.25) is 0 Å². The van der Waals surface area contributed by atoms with E-state index in [1.165, 1.54) is 77.6 Å². The van der Waals surface area contributed by atoms with Crippen LogP contribution in [0.3, 0.4) is 0 Å². The zero-order valence-corrected chi connectivity index (χ0v) is 31.3. The maximum absolute atomic E-state index is 12.1. The van der Waals surface area contributed by atoms with Gasteiger partial charge in [0.25, 0.3) is 0 Å². The Kier molecular flexibility index (Phi) is 35.0. The van der Waals surface area contributed by atoms with Gasteiger partial charge in [-0.15, -0.1) is 0 Å². The Morgan fingerprint density at radius 1 is 0.420 bits per heavy atom. The molecule has 1 atom stereocenters. The van der Waals surface area contributed by atoms with Crippen LogP contribution in [-0.4, -0.2) is 92.4 Å². The van der Waals surface area contributed by atoms with Crippen LogP contribution in [0.5, 0.6) is 0 Å². The van der Waals surface area contributed by atoms with E-state index in [1.807, 2.05) is 0 Å². The van der Waals surface area contributed by atoms with Crippen molar-refractivity contribution in [1.29, 1.82) is 0 Å². The molecule has 0 amide bonds. The molecule has 0 fully saturated rings. The van der Waals surface area contributed by atoms with Crippen LogP contribution in [0.15, 0.2) is 0 Å². The van der Waals surface area contributed by atoms with E-state index in [4.69, 9.17) is 24.1 Å². The topological polar surface area (TPSA) is 163 Å². The van der Waals surface area contributed by atoms with Crippen molar-refractivity contribution < 1.29 is 53.1 Å². The Bertz CT molecular complexity index is 861. The fourth-order valence-corrected chi connectivity index (χ4v) is 5.58. The van der Waals surface area contributed by atoms with Gasteiger partial charge in [0.1, 0.15) is 17.3 Å². The molecule has 0 aromatic heterocycles. The maximum Gasteiger partial charge on any atom is 0.306 e. The third kappa shape index (κ3) is 37.1. The number of carbonyl (C=O) groups is 5. The van der Waals surface area contributed by atoms with Crippen LogP contribution in [-0.2, 0) is 42.9 Å². The molecular weight excluding hydrogens is 644 g/mol. The number of carbonyl (C=O) groups excluding carboxylic acids is 3. The van der Waals surface area contributed by atoms with Gasteiger partial charge in [-0.25, -0.2) is 0 Å². The summed E-state index contributed by atoms with van der Waals surface area (Å²) < 4.78 is 21.8. The fraction of sp³-hybridized carbons (Fsp3) is 0.872. The molecule has 50 heavy (non-hydrogen) atoms. The molecular formula is C39H70O11. The number of hydrogen-bond donors (Lipinski definition) is 2. The second-order valence-corrected chi connectivity index (χ2v) is 13.4. The molecule has 0 heterocycles. The first kappa shape index (κ1) is 47.8. The first-order chi connectivity index (χ1) is 24.2. The van der Waals surface area contributed by atoms with Gasteiger partial charge in [0, 0.05) is 45.1 Å². The van der Waals surface area contributed by atoms with Gasteiger partial charge in [0.15, 0.2) is 0 Å². The van der Waals surface area contributed by atoms with E-state index in [0.29, 0.717) is 71.3 Å². The molecule has 292 valence electrons. The average molecular weight is 715 g/mol. The molecule has 11 nitrogen and oxygen atoms in total. The molecule has 0 spiro atoms. The first-order valence-corrected chi connectivity index (χ1v) is 19.5. The zero-order chi connectivity index (χ0) is 36.9. The lowest BCUT2D eigenvalue weighted by Crippen LogP contribution is -2.20. The van der Waals surface area contributed by atoms with E-state index >= 15 is 0 Å². The Hall–Kier alpha value is -2.21. The minimum Gasteiger partial charge on any atom is -0.481 e. The van der Waals surface area contributed by atoms with Crippen LogP contribution in [0, 0.1) is 5.92 Å². The van der Waals surface area contributed by atoms with Crippen molar-refractivity contribution in [3.05, 3.63) is 0 Å². The molecule has 0 radical (unpaired) electrons. The predicted molar refractivity (Wildman–Crippen MR) is 194 cm³/mol. The van der Waals surface area contributed by atoms with Gasteiger partial charge in [-0.3, -0.25) is 19.2 Å². The second kappa shape index (κ2) is 36.6.